The molecule has 0 saturated carbocycles. The fourth-order valence-electron chi connectivity index (χ4n) is 4.63. The number of aromatic nitrogens is 1. The monoisotopic (exact) mass is 381 g/mol. The molecule has 1 aromatic heterocycles. The van der Waals surface area contributed by atoms with Crippen LogP contribution in [0.2, 0.25) is 0 Å². The molecule has 0 amide bonds. The summed E-state index contributed by atoms with van der Waals surface area (Å²) < 4.78 is 7.23. The Morgan fingerprint density at radius 2 is 1.72 bits per heavy atom. The van der Waals surface area contributed by atoms with Gasteiger partial charge in [-0.15, -0.1) is 0 Å². The number of nitrogens with zero attached hydrogens (tertiary/aromatic N) is 1. The summed E-state index contributed by atoms with van der Waals surface area (Å²) in [6.07, 6.45) is 0. The van der Waals surface area contributed by atoms with E-state index in [9.17, 15) is 4.79 Å². The van der Waals surface area contributed by atoms with Gasteiger partial charge in [-0.25, -0.2) is 0 Å². The first-order chi connectivity index (χ1) is 14.1. The minimum atomic E-state index is 0.0680. The van der Waals surface area contributed by atoms with E-state index < -0.39 is 0 Å². The molecule has 1 heterocycles. The van der Waals surface area contributed by atoms with Crippen LogP contribution in [-0.4, -0.2) is 11.7 Å². The predicted octanol–water partition coefficient (Wildman–Crippen LogP) is 5.50. The molecule has 0 saturated heterocycles. The quantitative estimate of drug-likeness (QED) is 0.469. The van der Waals surface area contributed by atoms with E-state index in [0.717, 1.165) is 27.8 Å². The van der Waals surface area contributed by atoms with Gasteiger partial charge in [-0.3, -0.25) is 4.79 Å². The van der Waals surface area contributed by atoms with Crippen molar-refractivity contribution in [1.29, 1.82) is 0 Å². The van der Waals surface area contributed by atoms with Crippen LogP contribution in [0, 0.1) is 6.92 Å². The molecule has 29 heavy (non-hydrogen) atoms. The van der Waals surface area contributed by atoms with E-state index in [1.165, 1.54) is 22.3 Å². The second-order valence-electron chi connectivity index (χ2n) is 7.86. The van der Waals surface area contributed by atoms with Crippen molar-refractivity contribution < 1.29 is 4.74 Å². The first kappa shape index (κ1) is 17.7. The number of methoxy groups -OCH3 is 1. The fourth-order valence-corrected chi connectivity index (χ4v) is 4.63. The molecule has 0 aliphatic heterocycles. The molecular weight excluding hydrogens is 358 g/mol. The van der Waals surface area contributed by atoms with Crippen molar-refractivity contribution in [2.24, 2.45) is 0 Å². The Morgan fingerprint density at radius 3 is 2.48 bits per heavy atom. The SMILES string of the molecule is COc1ccc(Cn2c3c(c4cc(C)ccc4c2=O)[C@@H](C)c2ccccc2-3)cc1. The van der Waals surface area contributed by atoms with Gasteiger partial charge >= 0.3 is 0 Å². The van der Waals surface area contributed by atoms with Gasteiger partial charge in [-0.05, 0) is 47.2 Å². The second kappa shape index (κ2) is 6.63. The van der Waals surface area contributed by atoms with E-state index in [-0.39, 0.29) is 11.5 Å². The van der Waals surface area contributed by atoms with Crippen LogP contribution in [0.3, 0.4) is 0 Å². The third kappa shape index (κ3) is 2.69. The molecule has 1 aliphatic rings. The molecule has 0 spiro atoms. The summed E-state index contributed by atoms with van der Waals surface area (Å²) in [5.41, 5.74) is 7.11. The highest BCUT2D eigenvalue weighted by Crippen LogP contribution is 2.46. The lowest BCUT2D eigenvalue weighted by Gasteiger charge is -2.17. The average Bonchev–Trinajstić information content (AvgIpc) is 3.04. The maximum Gasteiger partial charge on any atom is 0.259 e. The van der Waals surface area contributed by atoms with Crippen LogP contribution < -0.4 is 10.3 Å². The number of benzene rings is 3. The molecule has 3 nitrogen and oxygen atoms in total. The molecule has 144 valence electrons. The maximum absolute atomic E-state index is 13.6. The van der Waals surface area contributed by atoms with Gasteiger partial charge in [0.25, 0.3) is 5.56 Å². The molecule has 0 bridgehead atoms. The molecule has 3 heteroatoms. The summed E-state index contributed by atoms with van der Waals surface area (Å²) in [6, 6.07) is 22.6. The van der Waals surface area contributed by atoms with Crippen LogP contribution in [0.5, 0.6) is 5.75 Å². The van der Waals surface area contributed by atoms with Crippen LogP contribution in [0.25, 0.3) is 22.0 Å². The van der Waals surface area contributed by atoms with Gasteiger partial charge in [0.1, 0.15) is 5.75 Å². The summed E-state index contributed by atoms with van der Waals surface area (Å²) >= 11 is 0. The number of fused-ring (bicyclic) bond motifs is 5. The van der Waals surface area contributed by atoms with Crippen LogP contribution in [0.4, 0.5) is 0 Å². The van der Waals surface area contributed by atoms with E-state index in [2.05, 4.69) is 44.2 Å². The van der Waals surface area contributed by atoms with Crippen LogP contribution in [0.1, 0.15) is 35.1 Å². The molecule has 1 atom stereocenters. The van der Waals surface area contributed by atoms with Crippen molar-refractivity contribution in [1.82, 2.24) is 4.57 Å². The fraction of sp³-hybridized carbons (Fsp3) is 0.192. The van der Waals surface area contributed by atoms with Crippen molar-refractivity contribution in [3.63, 3.8) is 0 Å². The molecular formula is C26H23NO2. The summed E-state index contributed by atoms with van der Waals surface area (Å²) in [4.78, 5) is 13.6. The smallest absolute Gasteiger partial charge is 0.259 e. The maximum atomic E-state index is 13.6. The lowest BCUT2D eigenvalue weighted by atomic mass is 9.94. The number of rotatable bonds is 3. The van der Waals surface area contributed by atoms with Gasteiger partial charge < -0.3 is 9.30 Å². The van der Waals surface area contributed by atoms with Gasteiger partial charge in [0.15, 0.2) is 0 Å². The average molecular weight is 381 g/mol. The molecule has 1 aliphatic carbocycles. The van der Waals surface area contributed by atoms with E-state index in [4.69, 9.17) is 4.74 Å². The van der Waals surface area contributed by atoms with Crippen LogP contribution in [-0.2, 0) is 6.54 Å². The van der Waals surface area contributed by atoms with Crippen molar-refractivity contribution in [3.05, 3.63) is 99.3 Å². The Morgan fingerprint density at radius 1 is 0.966 bits per heavy atom. The Kier molecular flexibility index (Phi) is 4.06. The zero-order chi connectivity index (χ0) is 20.1. The van der Waals surface area contributed by atoms with Crippen molar-refractivity contribution >= 4 is 10.8 Å². The zero-order valence-corrected chi connectivity index (χ0v) is 16.9. The van der Waals surface area contributed by atoms with Crippen molar-refractivity contribution in [3.8, 4) is 17.0 Å². The predicted molar refractivity (Wildman–Crippen MR) is 118 cm³/mol. The van der Waals surface area contributed by atoms with E-state index in [0.29, 0.717) is 6.54 Å². The normalized spacial score (nSPS) is 14.7. The first-order valence-corrected chi connectivity index (χ1v) is 9.97. The largest absolute Gasteiger partial charge is 0.497 e. The van der Waals surface area contributed by atoms with Gasteiger partial charge in [0, 0.05) is 16.9 Å². The lowest BCUT2D eigenvalue weighted by molar-refractivity contribution is 0.414. The zero-order valence-electron chi connectivity index (χ0n) is 16.9. The lowest BCUT2D eigenvalue weighted by Crippen LogP contribution is -2.23. The molecule has 5 rings (SSSR count). The summed E-state index contributed by atoms with van der Waals surface area (Å²) in [5, 5.41) is 1.88. The second-order valence-corrected chi connectivity index (χ2v) is 7.86. The minimum Gasteiger partial charge on any atom is -0.497 e. The number of hydrogen-bond donors (Lipinski definition) is 0. The molecule has 0 radical (unpaired) electrons. The Bertz CT molecular complexity index is 1300. The van der Waals surface area contributed by atoms with E-state index in [1.54, 1.807) is 7.11 Å². The Hall–Kier alpha value is -3.33. The highest BCUT2D eigenvalue weighted by molar-refractivity contribution is 5.94. The highest BCUT2D eigenvalue weighted by atomic mass is 16.5. The summed E-state index contributed by atoms with van der Waals surface area (Å²) in [5.74, 6) is 1.08. The van der Waals surface area contributed by atoms with Gasteiger partial charge in [-0.1, -0.05) is 61.0 Å². The Labute approximate surface area is 170 Å². The van der Waals surface area contributed by atoms with Crippen molar-refractivity contribution in [2.75, 3.05) is 7.11 Å². The number of ether oxygens (including phenoxy) is 1. The minimum absolute atomic E-state index is 0.0680. The Balaban J connectivity index is 1.81. The third-order valence-corrected chi connectivity index (χ3v) is 6.08. The molecule has 0 unspecified atom stereocenters. The standard InChI is InChI=1S/C26H23NO2/c1-16-8-13-22-23(14-16)24-17(2)20-6-4-5-7-21(20)25(24)27(26(22)28)15-18-9-11-19(29-3)12-10-18/h4-14,17H,15H2,1-3H3/t17-/m0/s1. The topological polar surface area (TPSA) is 31.2 Å². The molecule has 3 aromatic carbocycles. The number of aryl methyl sites for hydroxylation is 1. The molecule has 0 N–H and O–H groups in total. The summed E-state index contributed by atoms with van der Waals surface area (Å²) in [7, 11) is 1.66. The first-order valence-electron chi connectivity index (χ1n) is 9.97. The molecule has 0 fully saturated rings. The summed E-state index contributed by atoms with van der Waals surface area (Å²) in [6.45, 7) is 4.87. The molecule has 4 aromatic rings. The highest BCUT2D eigenvalue weighted by Gasteiger charge is 2.31. The van der Waals surface area contributed by atoms with Gasteiger partial charge in [0.2, 0.25) is 0 Å². The van der Waals surface area contributed by atoms with Crippen molar-refractivity contribution in [2.45, 2.75) is 26.3 Å². The van der Waals surface area contributed by atoms with E-state index >= 15 is 0 Å². The number of hydrogen-bond acceptors (Lipinski definition) is 2. The van der Waals surface area contributed by atoms with Gasteiger partial charge in [-0.2, -0.15) is 0 Å². The van der Waals surface area contributed by atoms with Crippen LogP contribution >= 0.6 is 0 Å². The van der Waals surface area contributed by atoms with Gasteiger partial charge in [0.05, 0.1) is 19.3 Å². The third-order valence-electron chi connectivity index (χ3n) is 6.08. The van der Waals surface area contributed by atoms with E-state index in [1.807, 2.05) is 41.0 Å². The number of pyridine rings is 1. The van der Waals surface area contributed by atoms with Crippen LogP contribution in [0.15, 0.2) is 71.5 Å².